The van der Waals surface area contributed by atoms with E-state index in [1.165, 1.54) is 0 Å². The topological polar surface area (TPSA) is 46.6 Å². The lowest BCUT2D eigenvalue weighted by molar-refractivity contribution is -0.154. The highest BCUT2D eigenvalue weighted by Gasteiger charge is 2.35. The maximum Gasteiger partial charge on any atom is 0.318 e. The maximum absolute atomic E-state index is 13.2. The molecule has 2 unspecified atom stereocenters. The van der Waals surface area contributed by atoms with Crippen LogP contribution in [-0.4, -0.2) is 24.0 Å². The average molecular weight is 399 g/mol. The summed E-state index contributed by atoms with van der Waals surface area (Å²) in [7, 11) is 0. The number of para-hydroxylation sites is 1. The van der Waals surface area contributed by atoms with Crippen LogP contribution in [-0.2, 0) is 20.7 Å². The number of rotatable bonds is 5. The molecular formula is C26H25NO3. The van der Waals surface area contributed by atoms with Crippen molar-refractivity contribution in [3.63, 3.8) is 0 Å². The van der Waals surface area contributed by atoms with Crippen molar-refractivity contribution in [3.05, 3.63) is 102 Å². The lowest BCUT2D eigenvalue weighted by Gasteiger charge is -2.27. The van der Waals surface area contributed by atoms with Gasteiger partial charge in [0.15, 0.2) is 6.10 Å². The molecule has 4 nitrogen and oxygen atoms in total. The molecule has 152 valence electrons. The highest BCUT2D eigenvalue weighted by atomic mass is 16.5. The van der Waals surface area contributed by atoms with Gasteiger partial charge in [-0.3, -0.25) is 9.59 Å². The van der Waals surface area contributed by atoms with Crippen molar-refractivity contribution in [3.8, 4) is 0 Å². The minimum atomic E-state index is -0.874. The molecule has 3 aromatic rings. The summed E-state index contributed by atoms with van der Waals surface area (Å²) in [5.74, 6) is -1.19. The van der Waals surface area contributed by atoms with Crippen molar-refractivity contribution < 1.29 is 14.3 Å². The first-order chi connectivity index (χ1) is 14.6. The third-order valence-electron chi connectivity index (χ3n) is 5.59. The standard InChI is InChI=1S/C26H25NO3/c1-18-17-22-15-9-10-16-23(22)27(18)25(28)19(2)30-26(29)24(20-11-5-3-6-12-20)21-13-7-4-8-14-21/h3-16,18-19,24H,17H2,1-2H3. The predicted molar refractivity (Wildman–Crippen MR) is 117 cm³/mol. The molecule has 0 saturated heterocycles. The van der Waals surface area contributed by atoms with Crippen molar-refractivity contribution in [2.45, 2.75) is 38.3 Å². The zero-order valence-electron chi connectivity index (χ0n) is 17.2. The zero-order chi connectivity index (χ0) is 21.1. The Morgan fingerprint density at radius 1 is 0.867 bits per heavy atom. The van der Waals surface area contributed by atoms with Crippen molar-refractivity contribution in [2.75, 3.05) is 4.90 Å². The highest BCUT2D eigenvalue weighted by Crippen LogP contribution is 2.33. The van der Waals surface area contributed by atoms with Gasteiger partial charge < -0.3 is 9.64 Å². The Morgan fingerprint density at radius 3 is 2.00 bits per heavy atom. The van der Waals surface area contributed by atoms with E-state index in [2.05, 4.69) is 0 Å². The van der Waals surface area contributed by atoms with Gasteiger partial charge in [-0.05, 0) is 43.0 Å². The number of nitrogens with zero attached hydrogens (tertiary/aromatic N) is 1. The van der Waals surface area contributed by atoms with Gasteiger partial charge in [-0.1, -0.05) is 78.9 Å². The van der Waals surface area contributed by atoms with E-state index in [9.17, 15) is 9.59 Å². The largest absolute Gasteiger partial charge is 0.452 e. The van der Waals surface area contributed by atoms with Crippen molar-refractivity contribution in [2.24, 2.45) is 0 Å². The summed E-state index contributed by atoms with van der Waals surface area (Å²) in [6.45, 7) is 3.67. The van der Waals surface area contributed by atoms with Crippen LogP contribution in [0, 0.1) is 0 Å². The Morgan fingerprint density at radius 2 is 1.40 bits per heavy atom. The Balaban J connectivity index is 1.56. The van der Waals surface area contributed by atoms with Gasteiger partial charge >= 0.3 is 5.97 Å². The molecule has 30 heavy (non-hydrogen) atoms. The summed E-state index contributed by atoms with van der Waals surface area (Å²) in [5.41, 5.74) is 3.73. The zero-order valence-corrected chi connectivity index (χ0v) is 17.2. The number of ether oxygens (including phenoxy) is 1. The SMILES string of the molecule is CC(OC(=O)C(c1ccccc1)c1ccccc1)C(=O)N1c2ccccc2CC1C. The van der Waals surface area contributed by atoms with Gasteiger partial charge in [0.1, 0.15) is 5.92 Å². The lowest BCUT2D eigenvalue weighted by Crippen LogP contribution is -2.43. The normalized spacial score (nSPS) is 16.2. The number of anilines is 1. The van der Waals surface area contributed by atoms with E-state index in [-0.39, 0.29) is 11.9 Å². The van der Waals surface area contributed by atoms with Crippen LogP contribution in [0.2, 0.25) is 0 Å². The number of carbonyl (C=O) groups excluding carboxylic acids is 2. The van der Waals surface area contributed by atoms with Crippen LogP contribution < -0.4 is 4.90 Å². The van der Waals surface area contributed by atoms with Crippen LogP contribution in [0.25, 0.3) is 0 Å². The van der Waals surface area contributed by atoms with E-state index < -0.39 is 18.0 Å². The Hall–Kier alpha value is -3.40. The molecule has 0 saturated carbocycles. The molecule has 2 atom stereocenters. The molecule has 3 aromatic carbocycles. The van der Waals surface area contributed by atoms with Gasteiger partial charge in [-0.2, -0.15) is 0 Å². The molecular weight excluding hydrogens is 374 g/mol. The summed E-state index contributed by atoms with van der Waals surface area (Å²) in [6.07, 6.45) is -0.0692. The first-order valence-electron chi connectivity index (χ1n) is 10.3. The van der Waals surface area contributed by atoms with Crippen molar-refractivity contribution >= 4 is 17.6 Å². The molecule has 1 aliphatic heterocycles. The quantitative estimate of drug-likeness (QED) is 0.583. The van der Waals surface area contributed by atoms with Crippen LogP contribution in [0.1, 0.15) is 36.5 Å². The lowest BCUT2D eigenvalue weighted by atomic mass is 9.91. The Kier molecular flexibility index (Phi) is 5.66. The fourth-order valence-electron chi connectivity index (χ4n) is 4.15. The smallest absolute Gasteiger partial charge is 0.318 e. The van der Waals surface area contributed by atoms with E-state index >= 15 is 0 Å². The average Bonchev–Trinajstić information content (AvgIpc) is 3.10. The molecule has 1 heterocycles. The third-order valence-corrected chi connectivity index (χ3v) is 5.59. The van der Waals surface area contributed by atoms with E-state index in [4.69, 9.17) is 4.74 Å². The molecule has 4 heteroatoms. The molecule has 4 rings (SSSR count). The second-order valence-corrected chi connectivity index (χ2v) is 7.72. The summed E-state index contributed by atoms with van der Waals surface area (Å²) in [4.78, 5) is 28.2. The minimum Gasteiger partial charge on any atom is -0.452 e. The van der Waals surface area contributed by atoms with Crippen LogP contribution >= 0.6 is 0 Å². The summed E-state index contributed by atoms with van der Waals surface area (Å²) in [5, 5.41) is 0. The molecule has 0 spiro atoms. The van der Waals surface area contributed by atoms with Crippen LogP contribution in [0.15, 0.2) is 84.9 Å². The second-order valence-electron chi connectivity index (χ2n) is 7.72. The van der Waals surface area contributed by atoms with Crippen molar-refractivity contribution in [1.29, 1.82) is 0 Å². The van der Waals surface area contributed by atoms with Gasteiger partial charge in [0.05, 0.1) is 0 Å². The summed E-state index contributed by atoms with van der Waals surface area (Å²) < 4.78 is 5.73. The van der Waals surface area contributed by atoms with Crippen LogP contribution in [0.3, 0.4) is 0 Å². The number of hydrogen-bond acceptors (Lipinski definition) is 3. The van der Waals surface area contributed by atoms with Crippen LogP contribution in [0.5, 0.6) is 0 Å². The minimum absolute atomic E-state index is 0.0371. The van der Waals surface area contributed by atoms with Gasteiger partial charge in [-0.25, -0.2) is 0 Å². The first-order valence-corrected chi connectivity index (χ1v) is 10.3. The predicted octanol–water partition coefficient (Wildman–Crippen LogP) is 4.73. The molecule has 0 bridgehead atoms. The number of hydrogen-bond donors (Lipinski definition) is 0. The molecule has 0 fully saturated rings. The summed E-state index contributed by atoms with van der Waals surface area (Å²) in [6, 6.07) is 27.0. The molecule has 0 N–H and O–H groups in total. The van der Waals surface area contributed by atoms with E-state index in [1.54, 1.807) is 11.8 Å². The Labute approximate surface area is 177 Å². The number of amides is 1. The molecule has 0 aromatic heterocycles. The van der Waals surface area contributed by atoms with Gasteiger partial charge in [-0.15, -0.1) is 0 Å². The van der Waals surface area contributed by atoms with Crippen LogP contribution in [0.4, 0.5) is 5.69 Å². The van der Waals surface area contributed by atoms with E-state index in [0.717, 1.165) is 28.8 Å². The number of esters is 1. The van der Waals surface area contributed by atoms with E-state index in [0.29, 0.717) is 0 Å². The van der Waals surface area contributed by atoms with E-state index in [1.807, 2.05) is 91.9 Å². The molecule has 0 radical (unpaired) electrons. The number of fused-ring (bicyclic) bond motifs is 1. The maximum atomic E-state index is 13.2. The fraction of sp³-hybridized carbons (Fsp3) is 0.231. The van der Waals surface area contributed by atoms with Gasteiger partial charge in [0, 0.05) is 11.7 Å². The molecule has 0 aliphatic carbocycles. The number of benzene rings is 3. The summed E-state index contributed by atoms with van der Waals surface area (Å²) >= 11 is 0. The fourth-order valence-corrected chi connectivity index (χ4v) is 4.15. The van der Waals surface area contributed by atoms with Gasteiger partial charge in [0.25, 0.3) is 5.91 Å². The second kappa shape index (κ2) is 8.54. The number of carbonyl (C=O) groups is 2. The molecule has 1 aliphatic rings. The monoisotopic (exact) mass is 399 g/mol. The Bertz CT molecular complexity index is 993. The third kappa shape index (κ3) is 3.86. The molecule has 1 amide bonds. The first kappa shape index (κ1) is 19.9. The van der Waals surface area contributed by atoms with Gasteiger partial charge in [0.2, 0.25) is 0 Å². The van der Waals surface area contributed by atoms with Crippen molar-refractivity contribution in [1.82, 2.24) is 0 Å². The highest BCUT2D eigenvalue weighted by molar-refractivity contribution is 6.00.